The minimum atomic E-state index is -4.36. The molecule has 5 atom stereocenters. The zero-order valence-corrected chi connectivity index (χ0v) is 22.2. The van der Waals surface area contributed by atoms with E-state index >= 15 is 0 Å². The van der Waals surface area contributed by atoms with Crippen molar-refractivity contribution in [2.45, 2.75) is 54.4 Å². The summed E-state index contributed by atoms with van der Waals surface area (Å²) in [6, 6.07) is 12.0. The van der Waals surface area contributed by atoms with Gasteiger partial charge in [-0.1, -0.05) is 0 Å². The molecule has 0 amide bonds. The van der Waals surface area contributed by atoms with Crippen LogP contribution < -0.4 is 10.5 Å². The molecule has 0 bridgehead atoms. The number of nitrogens with zero attached hydrogens (tertiary/aromatic N) is 4. The van der Waals surface area contributed by atoms with E-state index in [1.807, 2.05) is 0 Å². The first-order valence-corrected chi connectivity index (χ1v) is 14.2. The molecule has 1 saturated carbocycles. The molecule has 1 aliphatic carbocycles. The lowest BCUT2D eigenvalue weighted by atomic mass is 9.99. The number of benzene rings is 2. The number of fused-ring (bicyclic) bond motifs is 1. The fraction of sp³-hybridized carbons (Fsp3) is 0.346. The lowest BCUT2D eigenvalue weighted by molar-refractivity contribution is -0.277. The van der Waals surface area contributed by atoms with E-state index in [1.165, 1.54) is 24.3 Å². The van der Waals surface area contributed by atoms with Crippen LogP contribution in [0.2, 0.25) is 0 Å². The molecule has 4 aromatic rings. The molecule has 1 aliphatic heterocycles. The van der Waals surface area contributed by atoms with Crippen LogP contribution >= 0.6 is 0 Å². The van der Waals surface area contributed by atoms with Crippen LogP contribution in [0.25, 0.3) is 28.1 Å². The smallest absolute Gasteiger partial charge is 0.294 e. The van der Waals surface area contributed by atoms with Crippen molar-refractivity contribution in [2.24, 2.45) is 0 Å². The molecule has 5 unspecified atom stereocenters. The van der Waals surface area contributed by atoms with Crippen LogP contribution in [-0.2, 0) is 14.9 Å². The van der Waals surface area contributed by atoms with E-state index in [0.717, 1.165) is 18.5 Å². The number of rotatable bonds is 7. The van der Waals surface area contributed by atoms with Crippen LogP contribution in [0.3, 0.4) is 0 Å². The van der Waals surface area contributed by atoms with Crippen LogP contribution in [0.5, 0.6) is 5.75 Å². The van der Waals surface area contributed by atoms with E-state index in [9.17, 15) is 33.4 Å². The van der Waals surface area contributed by atoms with Gasteiger partial charge in [-0.15, -0.1) is 0 Å². The van der Waals surface area contributed by atoms with Crippen molar-refractivity contribution in [1.82, 2.24) is 19.7 Å². The number of hydrogen-bond donors (Lipinski definition) is 6. The molecule has 2 aliphatic rings. The van der Waals surface area contributed by atoms with E-state index in [4.69, 9.17) is 25.3 Å². The molecule has 6 rings (SSSR count). The average molecular weight is 586 g/mol. The Morgan fingerprint density at radius 1 is 0.976 bits per heavy atom. The molecule has 2 fully saturated rings. The Labute approximate surface area is 233 Å². The first-order valence-electron chi connectivity index (χ1n) is 12.8. The van der Waals surface area contributed by atoms with Crippen molar-refractivity contribution < 1.29 is 42.9 Å². The number of nitrogens with two attached hydrogens (primary N) is 1. The summed E-state index contributed by atoms with van der Waals surface area (Å²) in [5.74, 6) is 1.00. The van der Waals surface area contributed by atoms with Crippen LogP contribution in [0, 0.1) is 0 Å². The van der Waals surface area contributed by atoms with Gasteiger partial charge in [-0.3, -0.25) is 4.55 Å². The minimum Gasteiger partial charge on any atom is -0.462 e. The van der Waals surface area contributed by atoms with Crippen LogP contribution in [0.4, 0.5) is 5.82 Å². The number of ether oxygens (including phenoxy) is 2. The third-order valence-electron chi connectivity index (χ3n) is 7.14. The van der Waals surface area contributed by atoms with Gasteiger partial charge in [-0.05, 0) is 61.4 Å². The Kier molecular flexibility index (Phi) is 6.89. The first kappa shape index (κ1) is 27.5. The molecule has 3 heterocycles. The third-order valence-corrected chi connectivity index (χ3v) is 8.01. The predicted molar refractivity (Wildman–Crippen MR) is 143 cm³/mol. The number of anilines is 1. The molecule has 14 nitrogen and oxygen atoms in total. The highest BCUT2D eigenvalue weighted by atomic mass is 32.2. The zero-order chi connectivity index (χ0) is 29.1. The van der Waals surface area contributed by atoms with Crippen molar-refractivity contribution in [2.75, 3.05) is 12.3 Å². The average Bonchev–Trinajstić information content (AvgIpc) is 3.73. The number of nitrogen functional groups attached to an aromatic ring is 1. The van der Waals surface area contributed by atoms with Crippen LogP contribution in [-0.4, -0.2) is 90.5 Å². The van der Waals surface area contributed by atoms with Gasteiger partial charge in [-0.2, -0.15) is 13.5 Å². The van der Waals surface area contributed by atoms with E-state index in [0.29, 0.717) is 22.3 Å². The molecule has 15 heteroatoms. The monoisotopic (exact) mass is 585 g/mol. The zero-order valence-electron chi connectivity index (χ0n) is 21.3. The van der Waals surface area contributed by atoms with Gasteiger partial charge in [0.05, 0.1) is 28.3 Å². The van der Waals surface area contributed by atoms with Gasteiger partial charge in [0.2, 0.25) is 6.29 Å². The topological polar surface area (TPSA) is 223 Å². The van der Waals surface area contributed by atoms with Gasteiger partial charge < -0.3 is 35.6 Å². The largest absolute Gasteiger partial charge is 0.462 e. The number of aromatic nitrogens is 4. The maximum atomic E-state index is 11.5. The first-order chi connectivity index (χ1) is 19.5. The highest BCUT2D eigenvalue weighted by Gasteiger charge is 2.44. The van der Waals surface area contributed by atoms with Crippen molar-refractivity contribution in [3.05, 3.63) is 54.2 Å². The molecule has 1 saturated heterocycles. The quantitative estimate of drug-likeness (QED) is 0.161. The summed E-state index contributed by atoms with van der Waals surface area (Å²) < 4.78 is 44.9. The SMILES string of the molecule is Nc1nc(-c2ccc(OC3OC(CO)C(O)C(O)C3O)cc2)nc2c1c(C1CC1)nn2-c1ccc(S(=O)(=O)O)cc1. The van der Waals surface area contributed by atoms with E-state index in [-0.39, 0.29) is 28.2 Å². The van der Waals surface area contributed by atoms with Crippen molar-refractivity contribution in [1.29, 1.82) is 0 Å². The number of aliphatic hydroxyl groups is 4. The lowest BCUT2D eigenvalue weighted by Gasteiger charge is -2.39. The van der Waals surface area contributed by atoms with E-state index in [1.54, 1.807) is 28.9 Å². The minimum absolute atomic E-state index is 0.214. The standard InChI is InChI=1S/C26H27N5O9S/c27-23-18-19(12-1-2-12)30-31(14-5-9-16(10-6-14)41(36,37)38)25(18)29-24(28-23)13-3-7-15(8-4-13)39-26-22(35)21(34)20(33)17(11-32)40-26/h3-10,12,17,20-22,26,32-35H,1-2,11H2,(H2,27,28,29)(H,36,37,38). The van der Waals surface area contributed by atoms with Gasteiger partial charge >= 0.3 is 0 Å². The number of hydrogen-bond acceptors (Lipinski definition) is 12. The van der Waals surface area contributed by atoms with Gasteiger partial charge in [0, 0.05) is 11.5 Å². The Morgan fingerprint density at radius 2 is 1.66 bits per heavy atom. The van der Waals surface area contributed by atoms with E-state index < -0.39 is 47.4 Å². The molecule has 216 valence electrons. The fourth-order valence-corrected chi connectivity index (χ4v) is 5.24. The summed E-state index contributed by atoms with van der Waals surface area (Å²) in [6.07, 6.45) is -5.15. The molecule has 0 radical (unpaired) electrons. The van der Waals surface area contributed by atoms with Crippen LogP contribution in [0.15, 0.2) is 53.4 Å². The third kappa shape index (κ3) is 5.12. The Morgan fingerprint density at radius 3 is 2.27 bits per heavy atom. The molecule has 41 heavy (non-hydrogen) atoms. The van der Waals surface area contributed by atoms with Gasteiger partial charge in [-0.25, -0.2) is 14.6 Å². The summed E-state index contributed by atoms with van der Waals surface area (Å²) in [6.45, 7) is -0.575. The normalized spacial score (nSPS) is 25.0. The van der Waals surface area contributed by atoms with E-state index in [2.05, 4.69) is 4.98 Å². The van der Waals surface area contributed by atoms with Crippen molar-refractivity contribution in [3.8, 4) is 22.8 Å². The summed E-state index contributed by atoms with van der Waals surface area (Å²) in [5.41, 5.74) is 8.67. The van der Waals surface area contributed by atoms with Gasteiger partial charge in [0.15, 0.2) is 11.5 Å². The molecule has 2 aromatic carbocycles. The Bertz CT molecular complexity index is 1690. The maximum absolute atomic E-state index is 11.5. The molecular weight excluding hydrogens is 558 g/mol. The van der Waals surface area contributed by atoms with Gasteiger partial charge in [0.25, 0.3) is 10.1 Å². The second kappa shape index (κ2) is 10.3. The second-order valence-corrected chi connectivity index (χ2v) is 11.4. The fourth-order valence-electron chi connectivity index (χ4n) is 4.76. The Hall–Kier alpha value is -3.70. The maximum Gasteiger partial charge on any atom is 0.294 e. The summed E-state index contributed by atoms with van der Waals surface area (Å²) >= 11 is 0. The summed E-state index contributed by atoms with van der Waals surface area (Å²) in [4.78, 5) is 8.98. The van der Waals surface area contributed by atoms with Crippen LogP contribution in [0.1, 0.15) is 24.5 Å². The highest BCUT2D eigenvalue weighted by Crippen LogP contribution is 2.44. The molecular formula is C26H27N5O9S. The molecule has 7 N–H and O–H groups in total. The number of aliphatic hydroxyl groups excluding tert-OH is 4. The predicted octanol–water partition coefficient (Wildman–Crippen LogP) is 0.367. The summed E-state index contributed by atoms with van der Waals surface area (Å²) in [5, 5.41) is 44.9. The lowest BCUT2D eigenvalue weighted by Crippen LogP contribution is -2.60. The Balaban J connectivity index is 1.32. The molecule has 2 aromatic heterocycles. The second-order valence-electron chi connectivity index (χ2n) is 10.0. The van der Waals surface area contributed by atoms with Gasteiger partial charge in [0.1, 0.15) is 36.0 Å². The summed E-state index contributed by atoms with van der Waals surface area (Å²) in [7, 11) is -4.36. The highest BCUT2D eigenvalue weighted by molar-refractivity contribution is 7.85. The van der Waals surface area contributed by atoms with Crippen molar-refractivity contribution in [3.63, 3.8) is 0 Å². The van der Waals surface area contributed by atoms with Crippen molar-refractivity contribution >= 4 is 27.0 Å². The molecule has 0 spiro atoms.